The van der Waals surface area contributed by atoms with Gasteiger partial charge in [-0.2, -0.15) is 10.1 Å². The van der Waals surface area contributed by atoms with Crippen LogP contribution in [0.25, 0.3) is 0 Å². The monoisotopic (exact) mass is 192 g/mol. The molecule has 0 saturated heterocycles. The summed E-state index contributed by atoms with van der Waals surface area (Å²) in [5.41, 5.74) is 0. The summed E-state index contributed by atoms with van der Waals surface area (Å²) in [6.45, 7) is 2.23. The average Bonchev–Trinajstić information content (AvgIpc) is 2.16. The van der Waals surface area contributed by atoms with Crippen LogP contribution >= 0.6 is 0 Å². The van der Waals surface area contributed by atoms with Crippen molar-refractivity contribution >= 4 is 11.9 Å². The minimum Gasteiger partial charge on any atom is -0.288 e. The molecule has 0 radical (unpaired) electrons. The third-order valence-electron chi connectivity index (χ3n) is 1.22. The number of unbranched alkanes of at least 4 members (excludes halogenated alkanes) is 2. The van der Waals surface area contributed by atoms with Crippen LogP contribution in [0.5, 0.6) is 0 Å². The molecule has 1 N–H and O–H groups in total. The van der Waals surface area contributed by atoms with Gasteiger partial charge >= 0.3 is 11.9 Å². The lowest BCUT2D eigenvalue weighted by Crippen LogP contribution is -2.19. The predicted octanol–water partition coefficient (Wildman–Crippen LogP) is 0.668. The Balaban J connectivity index is 3.32. The van der Waals surface area contributed by atoms with E-state index in [1.165, 1.54) is 0 Å². The summed E-state index contributed by atoms with van der Waals surface area (Å²) in [6.07, 6.45) is 2.69. The summed E-state index contributed by atoms with van der Waals surface area (Å²) in [5, 5.41) is 7.74. The van der Waals surface area contributed by atoms with Gasteiger partial charge in [0.1, 0.15) is 0 Å². The quantitative estimate of drug-likeness (QED) is 0.298. The second kappa shape index (κ2) is 7.51. The molecular weight excluding hydrogens is 180 g/mol. The first kappa shape index (κ1) is 11.9. The Morgan fingerprint density at radius 3 is 2.46 bits per heavy atom. The molecule has 6 nitrogen and oxygen atoms in total. The van der Waals surface area contributed by atoms with E-state index in [1.807, 2.05) is 6.92 Å². The van der Waals surface area contributed by atoms with Crippen molar-refractivity contribution in [2.24, 2.45) is 0 Å². The van der Waals surface area contributed by atoms with Crippen LogP contribution < -0.4 is 0 Å². The first-order valence-corrected chi connectivity index (χ1v) is 3.91. The maximum Gasteiger partial charge on any atom is 0.453 e. The third-order valence-corrected chi connectivity index (χ3v) is 1.22. The van der Waals surface area contributed by atoms with Crippen LogP contribution in [0.1, 0.15) is 26.2 Å². The van der Waals surface area contributed by atoms with Gasteiger partial charge in [-0.05, 0) is 6.42 Å². The van der Waals surface area contributed by atoms with Crippen molar-refractivity contribution in [3.8, 4) is 0 Å². The fourth-order valence-electron chi connectivity index (χ4n) is 0.577. The Kier molecular flexibility index (Phi) is 6.85. The van der Waals surface area contributed by atoms with Crippen LogP contribution in [-0.2, 0) is 24.3 Å². The van der Waals surface area contributed by atoms with Gasteiger partial charge in [0.15, 0.2) is 0 Å². The SMILES string of the molecule is CCCCCOOC(=O)C(=O)OO. The zero-order valence-electron chi connectivity index (χ0n) is 7.32. The standard InChI is InChI=1S/C7H12O6/c1-2-3-4-5-11-13-7(9)6(8)12-10/h10H,2-5H2,1H3. The molecule has 0 saturated carbocycles. The molecule has 0 fully saturated rings. The second-order valence-electron chi connectivity index (χ2n) is 2.28. The van der Waals surface area contributed by atoms with Crippen molar-refractivity contribution in [2.45, 2.75) is 26.2 Å². The van der Waals surface area contributed by atoms with E-state index in [9.17, 15) is 9.59 Å². The number of hydrogen-bond donors (Lipinski definition) is 1. The molecule has 0 atom stereocenters. The van der Waals surface area contributed by atoms with Crippen LogP contribution in [-0.4, -0.2) is 23.8 Å². The lowest BCUT2D eigenvalue weighted by Gasteiger charge is -2.00. The maximum atomic E-state index is 10.4. The Bertz CT molecular complexity index is 166. The molecule has 6 heteroatoms. The van der Waals surface area contributed by atoms with Crippen LogP contribution in [0.3, 0.4) is 0 Å². The van der Waals surface area contributed by atoms with E-state index >= 15 is 0 Å². The average molecular weight is 192 g/mol. The minimum atomic E-state index is -1.50. The topological polar surface area (TPSA) is 82.1 Å². The van der Waals surface area contributed by atoms with Crippen molar-refractivity contribution in [1.29, 1.82) is 0 Å². The number of carbonyl (C=O) groups is 2. The molecule has 0 heterocycles. The van der Waals surface area contributed by atoms with Crippen molar-refractivity contribution in [2.75, 3.05) is 6.61 Å². The van der Waals surface area contributed by atoms with Gasteiger partial charge in [0.25, 0.3) is 0 Å². The highest BCUT2D eigenvalue weighted by Gasteiger charge is 2.18. The Morgan fingerprint density at radius 2 is 1.92 bits per heavy atom. The zero-order valence-corrected chi connectivity index (χ0v) is 7.32. The molecular formula is C7H12O6. The summed E-state index contributed by atoms with van der Waals surface area (Å²) in [6, 6.07) is 0. The number of carbonyl (C=O) groups excluding carboxylic acids is 2. The highest BCUT2D eigenvalue weighted by molar-refractivity contribution is 6.29. The minimum absolute atomic E-state index is 0.221. The zero-order chi connectivity index (χ0) is 10.1. The molecule has 0 spiro atoms. The molecule has 0 amide bonds. The van der Waals surface area contributed by atoms with Gasteiger partial charge in [0.05, 0.1) is 6.61 Å². The summed E-state index contributed by atoms with van der Waals surface area (Å²) >= 11 is 0. The maximum absolute atomic E-state index is 10.4. The number of rotatable bonds is 5. The van der Waals surface area contributed by atoms with Gasteiger partial charge in [-0.3, -0.25) is 9.78 Å². The molecule has 0 aromatic carbocycles. The van der Waals surface area contributed by atoms with Crippen LogP contribution in [0.15, 0.2) is 0 Å². The van der Waals surface area contributed by atoms with Gasteiger partial charge in [-0.25, -0.2) is 9.59 Å². The van der Waals surface area contributed by atoms with Gasteiger partial charge in [-0.15, -0.1) is 0 Å². The summed E-state index contributed by atoms with van der Waals surface area (Å²) < 4.78 is 0. The second-order valence-corrected chi connectivity index (χ2v) is 2.28. The van der Waals surface area contributed by atoms with Crippen LogP contribution in [0.2, 0.25) is 0 Å². The van der Waals surface area contributed by atoms with E-state index in [2.05, 4.69) is 14.7 Å². The van der Waals surface area contributed by atoms with Gasteiger partial charge in [-0.1, -0.05) is 19.8 Å². The van der Waals surface area contributed by atoms with E-state index < -0.39 is 11.9 Å². The molecule has 0 aliphatic carbocycles. The Morgan fingerprint density at radius 1 is 1.23 bits per heavy atom. The summed E-state index contributed by atoms with van der Waals surface area (Å²) in [5.74, 6) is -2.88. The van der Waals surface area contributed by atoms with E-state index in [-0.39, 0.29) is 6.61 Å². The summed E-state index contributed by atoms with van der Waals surface area (Å²) in [7, 11) is 0. The first-order valence-electron chi connectivity index (χ1n) is 3.91. The molecule has 0 aromatic rings. The molecule has 0 rings (SSSR count). The molecule has 0 aliphatic heterocycles. The fourth-order valence-corrected chi connectivity index (χ4v) is 0.577. The smallest absolute Gasteiger partial charge is 0.288 e. The highest BCUT2D eigenvalue weighted by Crippen LogP contribution is 1.94. The van der Waals surface area contributed by atoms with Gasteiger partial charge in [0, 0.05) is 0 Å². The molecule has 0 unspecified atom stereocenters. The number of hydrogen-bond acceptors (Lipinski definition) is 6. The van der Waals surface area contributed by atoms with Crippen LogP contribution in [0, 0.1) is 0 Å². The first-order chi connectivity index (χ1) is 6.22. The lowest BCUT2D eigenvalue weighted by molar-refractivity contribution is -0.284. The van der Waals surface area contributed by atoms with Crippen LogP contribution in [0.4, 0.5) is 0 Å². The Hall–Kier alpha value is -1.14. The molecule has 13 heavy (non-hydrogen) atoms. The third kappa shape index (κ3) is 6.06. The molecule has 0 bridgehead atoms. The van der Waals surface area contributed by atoms with Crippen molar-refractivity contribution < 1.29 is 29.5 Å². The van der Waals surface area contributed by atoms with E-state index in [0.29, 0.717) is 0 Å². The molecule has 0 aliphatic rings. The fraction of sp³-hybridized carbons (Fsp3) is 0.714. The molecule has 76 valence electrons. The van der Waals surface area contributed by atoms with Crippen molar-refractivity contribution in [3.63, 3.8) is 0 Å². The van der Waals surface area contributed by atoms with E-state index in [0.717, 1.165) is 19.3 Å². The van der Waals surface area contributed by atoms with E-state index in [4.69, 9.17) is 5.26 Å². The van der Waals surface area contributed by atoms with E-state index in [1.54, 1.807) is 0 Å². The predicted molar refractivity (Wildman–Crippen MR) is 40.3 cm³/mol. The van der Waals surface area contributed by atoms with Crippen molar-refractivity contribution in [3.05, 3.63) is 0 Å². The Labute approximate surface area is 75.2 Å². The largest absolute Gasteiger partial charge is 0.453 e. The van der Waals surface area contributed by atoms with Gasteiger partial charge in [0.2, 0.25) is 0 Å². The lowest BCUT2D eigenvalue weighted by atomic mass is 10.3. The molecule has 0 aromatic heterocycles. The van der Waals surface area contributed by atoms with Gasteiger partial charge < -0.3 is 0 Å². The highest BCUT2D eigenvalue weighted by atomic mass is 17.2. The summed E-state index contributed by atoms with van der Waals surface area (Å²) in [4.78, 5) is 32.1. The normalized spacial score (nSPS) is 9.38. The van der Waals surface area contributed by atoms with Crippen molar-refractivity contribution in [1.82, 2.24) is 0 Å².